The zero-order valence-corrected chi connectivity index (χ0v) is 15.5. The highest BCUT2D eigenvalue weighted by atomic mass is 32.2. The number of rotatable bonds is 7. The Labute approximate surface area is 144 Å². The van der Waals surface area contributed by atoms with Crippen molar-refractivity contribution in [3.63, 3.8) is 0 Å². The van der Waals surface area contributed by atoms with Crippen molar-refractivity contribution in [2.24, 2.45) is 0 Å². The molecule has 2 aromatic carbocycles. The van der Waals surface area contributed by atoms with E-state index in [0.29, 0.717) is 0 Å². The second-order valence-corrected chi connectivity index (χ2v) is 7.71. The van der Waals surface area contributed by atoms with Crippen LogP contribution in [0.2, 0.25) is 0 Å². The van der Waals surface area contributed by atoms with Crippen LogP contribution in [0.4, 0.5) is 0 Å². The van der Waals surface area contributed by atoms with Gasteiger partial charge in [0, 0.05) is 6.54 Å². The molecule has 0 unspecified atom stereocenters. The molecule has 24 heavy (non-hydrogen) atoms. The van der Waals surface area contributed by atoms with Crippen LogP contribution in [-0.2, 0) is 16.4 Å². The number of ether oxygens (including phenoxy) is 1. The SMILES string of the molecule is CCc1ccc(S(=O)(=O)NCCOc2cc(C)c(C)cc2C)cc1. The predicted molar refractivity (Wildman–Crippen MR) is 97.2 cm³/mol. The fraction of sp³-hybridized carbons (Fsp3) is 0.368. The first-order valence-electron chi connectivity index (χ1n) is 8.12. The number of aryl methyl sites for hydroxylation is 4. The van der Waals surface area contributed by atoms with E-state index in [4.69, 9.17) is 4.74 Å². The summed E-state index contributed by atoms with van der Waals surface area (Å²) in [5.74, 6) is 0.796. The molecule has 0 saturated heterocycles. The van der Waals surface area contributed by atoms with E-state index in [0.717, 1.165) is 28.9 Å². The highest BCUT2D eigenvalue weighted by Crippen LogP contribution is 2.22. The zero-order valence-electron chi connectivity index (χ0n) is 14.7. The summed E-state index contributed by atoms with van der Waals surface area (Å²) >= 11 is 0. The maximum absolute atomic E-state index is 12.2. The van der Waals surface area contributed by atoms with Crippen molar-refractivity contribution in [2.45, 2.75) is 39.0 Å². The van der Waals surface area contributed by atoms with Crippen LogP contribution >= 0.6 is 0 Å². The number of hydrogen-bond acceptors (Lipinski definition) is 3. The molecular formula is C19H25NO3S. The summed E-state index contributed by atoms with van der Waals surface area (Å²) in [6.07, 6.45) is 0.886. The first-order chi connectivity index (χ1) is 11.3. The summed E-state index contributed by atoms with van der Waals surface area (Å²) in [6, 6.07) is 11.0. The van der Waals surface area contributed by atoms with Gasteiger partial charge in [-0.25, -0.2) is 13.1 Å². The Morgan fingerprint density at radius 3 is 2.21 bits per heavy atom. The molecule has 0 aromatic heterocycles. The first-order valence-corrected chi connectivity index (χ1v) is 9.61. The van der Waals surface area contributed by atoms with Crippen LogP contribution in [0.3, 0.4) is 0 Å². The fourth-order valence-corrected chi connectivity index (χ4v) is 3.43. The van der Waals surface area contributed by atoms with Crippen LogP contribution in [0, 0.1) is 20.8 Å². The van der Waals surface area contributed by atoms with Gasteiger partial charge in [-0.2, -0.15) is 0 Å². The van der Waals surface area contributed by atoms with Crippen molar-refractivity contribution in [1.82, 2.24) is 4.72 Å². The molecule has 4 nitrogen and oxygen atoms in total. The molecule has 0 heterocycles. The molecule has 0 atom stereocenters. The van der Waals surface area contributed by atoms with Crippen molar-refractivity contribution >= 4 is 10.0 Å². The molecule has 0 aliphatic heterocycles. The fourth-order valence-electron chi connectivity index (χ4n) is 2.41. The number of nitrogens with one attached hydrogen (secondary N) is 1. The second-order valence-electron chi connectivity index (χ2n) is 5.95. The van der Waals surface area contributed by atoms with Crippen LogP contribution in [0.15, 0.2) is 41.3 Å². The highest BCUT2D eigenvalue weighted by Gasteiger charge is 2.13. The average molecular weight is 347 g/mol. The van der Waals surface area contributed by atoms with Gasteiger partial charge in [0.15, 0.2) is 0 Å². The lowest BCUT2D eigenvalue weighted by Crippen LogP contribution is -2.28. The third-order valence-electron chi connectivity index (χ3n) is 4.08. The number of hydrogen-bond donors (Lipinski definition) is 1. The Morgan fingerprint density at radius 2 is 1.58 bits per heavy atom. The average Bonchev–Trinajstić information content (AvgIpc) is 2.56. The van der Waals surface area contributed by atoms with Crippen molar-refractivity contribution in [3.05, 3.63) is 58.7 Å². The summed E-state index contributed by atoms with van der Waals surface area (Å²) in [6.45, 7) is 8.63. The van der Waals surface area contributed by atoms with Crippen LogP contribution in [-0.4, -0.2) is 21.6 Å². The molecule has 2 aromatic rings. The Bertz CT molecular complexity index is 796. The Balaban J connectivity index is 1.92. The number of sulfonamides is 1. The molecule has 0 fully saturated rings. The summed E-state index contributed by atoms with van der Waals surface area (Å²) in [5, 5.41) is 0. The second kappa shape index (κ2) is 7.81. The maximum atomic E-state index is 12.2. The maximum Gasteiger partial charge on any atom is 0.240 e. The third-order valence-corrected chi connectivity index (χ3v) is 5.56. The normalized spacial score (nSPS) is 11.5. The van der Waals surface area contributed by atoms with E-state index in [9.17, 15) is 8.42 Å². The van der Waals surface area contributed by atoms with E-state index in [1.807, 2.05) is 39.0 Å². The lowest BCUT2D eigenvalue weighted by Gasteiger charge is -2.12. The van der Waals surface area contributed by atoms with E-state index in [1.165, 1.54) is 5.56 Å². The van der Waals surface area contributed by atoms with Crippen LogP contribution in [0.1, 0.15) is 29.2 Å². The largest absolute Gasteiger partial charge is 0.492 e. The predicted octanol–water partition coefficient (Wildman–Crippen LogP) is 3.53. The monoisotopic (exact) mass is 347 g/mol. The van der Waals surface area contributed by atoms with Gasteiger partial charge in [-0.05, 0) is 67.6 Å². The summed E-state index contributed by atoms with van der Waals surface area (Å²) in [5.41, 5.74) is 4.54. The van der Waals surface area contributed by atoms with E-state index >= 15 is 0 Å². The van der Waals surface area contributed by atoms with Gasteiger partial charge in [-0.1, -0.05) is 25.1 Å². The molecule has 0 saturated carbocycles. The smallest absolute Gasteiger partial charge is 0.240 e. The topological polar surface area (TPSA) is 55.4 Å². The molecule has 0 spiro atoms. The van der Waals surface area contributed by atoms with Gasteiger partial charge in [0.25, 0.3) is 0 Å². The van der Waals surface area contributed by atoms with E-state index < -0.39 is 10.0 Å². The lowest BCUT2D eigenvalue weighted by molar-refractivity contribution is 0.320. The molecule has 0 radical (unpaired) electrons. The van der Waals surface area contributed by atoms with Gasteiger partial charge in [0.2, 0.25) is 10.0 Å². The van der Waals surface area contributed by atoms with Crippen molar-refractivity contribution < 1.29 is 13.2 Å². The Hall–Kier alpha value is -1.85. The summed E-state index contributed by atoms with van der Waals surface area (Å²) in [7, 11) is -3.49. The molecule has 130 valence electrons. The van der Waals surface area contributed by atoms with Gasteiger partial charge in [-0.15, -0.1) is 0 Å². The first kappa shape index (κ1) is 18.5. The molecule has 0 bridgehead atoms. The third kappa shape index (κ3) is 4.58. The van der Waals surface area contributed by atoms with E-state index in [2.05, 4.69) is 17.7 Å². The molecule has 0 aliphatic rings. The van der Waals surface area contributed by atoms with Gasteiger partial charge < -0.3 is 4.74 Å². The van der Waals surface area contributed by atoms with Crippen LogP contribution in [0.25, 0.3) is 0 Å². The standard InChI is InChI=1S/C19H25NO3S/c1-5-17-6-8-18(9-7-17)24(21,22)20-10-11-23-19-13-15(3)14(2)12-16(19)4/h6-9,12-13,20H,5,10-11H2,1-4H3. The van der Waals surface area contributed by atoms with E-state index in [-0.39, 0.29) is 18.0 Å². The van der Waals surface area contributed by atoms with Crippen LogP contribution in [0.5, 0.6) is 5.75 Å². The summed E-state index contributed by atoms with van der Waals surface area (Å²) < 4.78 is 32.8. The van der Waals surface area contributed by atoms with E-state index in [1.54, 1.807) is 12.1 Å². The summed E-state index contributed by atoms with van der Waals surface area (Å²) in [4.78, 5) is 0.280. The minimum absolute atomic E-state index is 0.226. The minimum atomic E-state index is -3.49. The molecular weight excluding hydrogens is 322 g/mol. The van der Waals surface area contributed by atoms with Gasteiger partial charge in [-0.3, -0.25) is 0 Å². The molecule has 0 aliphatic carbocycles. The number of benzene rings is 2. The Morgan fingerprint density at radius 1 is 0.958 bits per heavy atom. The van der Waals surface area contributed by atoms with Gasteiger partial charge in [0.1, 0.15) is 12.4 Å². The van der Waals surface area contributed by atoms with Gasteiger partial charge in [0.05, 0.1) is 4.90 Å². The molecule has 1 N–H and O–H groups in total. The highest BCUT2D eigenvalue weighted by molar-refractivity contribution is 7.89. The quantitative estimate of drug-likeness (QED) is 0.780. The Kier molecular flexibility index (Phi) is 6.02. The van der Waals surface area contributed by atoms with Crippen molar-refractivity contribution in [3.8, 4) is 5.75 Å². The zero-order chi connectivity index (χ0) is 17.7. The van der Waals surface area contributed by atoms with Crippen molar-refractivity contribution in [1.29, 1.82) is 0 Å². The lowest BCUT2D eigenvalue weighted by atomic mass is 10.1. The molecule has 2 rings (SSSR count). The molecule has 0 amide bonds. The molecule has 5 heteroatoms. The van der Waals surface area contributed by atoms with Crippen LogP contribution < -0.4 is 9.46 Å². The van der Waals surface area contributed by atoms with Crippen molar-refractivity contribution in [2.75, 3.05) is 13.2 Å². The minimum Gasteiger partial charge on any atom is -0.492 e. The van der Waals surface area contributed by atoms with Gasteiger partial charge >= 0.3 is 0 Å².